The SMILES string of the molecule is CC(=S)CCCCCC(=O)OCc1ccc(C)cc1. The van der Waals surface area contributed by atoms with Crippen molar-refractivity contribution in [2.24, 2.45) is 0 Å². The van der Waals surface area contributed by atoms with Gasteiger partial charge >= 0.3 is 5.97 Å². The summed E-state index contributed by atoms with van der Waals surface area (Å²) in [6.07, 6.45) is 4.47. The minimum absolute atomic E-state index is 0.111. The highest BCUT2D eigenvalue weighted by molar-refractivity contribution is 7.80. The first-order chi connectivity index (χ1) is 9.08. The van der Waals surface area contributed by atoms with Gasteiger partial charge in [-0.3, -0.25) is 4.79 Å². The molecular weight excluding hydrogens is 256 g/mol. The van der Waals surface area contributed by atoms with Crippen LogP contribution in [-0.4, -0.2) is 10.8 Å². The molecule has 0 heterocycles. The fraction of sp³-hybridized carbons (Fsp3) is 0.500. The highest BCUT2D eigenvalue weighted by Crippen LogP contribution is 2.08. The van der Waals surface area contributed by atoms with Crippen LogP contribution >= 0.6 is 12.2 Å². The lowest BCUT2D eigenvalue weighted by Crippen LogP contribution is -2.04. The Morgan fingerprint density at radius 3 is 2.37 bits per heavy atom. The summed E-state index contributed by atoms with van der Waals surface area (Å²) in [4.78, 5) is 12.6. The van der Waals surface area contributed by atoms with E-state index in [1.165, 1.54) is 5.56 Å². The zero-order chi connectivity index (χ0) is 14.1. The highest BCUT2D eigenvalue weighted by atomic mass is 32.1. The monoisotopic (exact) mass is 278 g/mol. The topological polar surface area (TPSA) is 26.3 Å². The van der Waals surface area contributed by atoms with Gasteiger partial charge in [0, 0.05) is 6.42 Å². The summed E-state index contributed by atoms with van der Waals surface area (Å²) < 4.78 is 5.23. The van der Waals surface area contributed by atoms with Gasteiger partial charge in [-0.15, -0.1) is 0 Å². The minimum Gasteiger partial charge on any atom is -0.461 e. The Bertz CT molecular complexity index is 409. The molecule has 0 fully saturated rings. The lowest BCUT2D eigenvalue weighted by Gasteiger charge is -2.05. The van der Waals surface area contributed by atoms with Crippen LogP contribution in [0.15, 0.2) is 24.3 Å². The number of esters is 1. The first kappa shape index (κ1) is 15.8. The quantitative estimate of drug-likeness (QED) is 0.401. The van der Waals surface area contributed by atoms with Crippen LogP contribution in [0.1, 0.15) is 50.2 Å². The largest absolute Gasteiger partial charge is 0.461 e. The Kier molecular flexibility index (Phi) is 7.34. The number of hydrogen-bond acceptors (Lipinski definition) is 3. The molecule has 0 atom stereocenters. The van der Waals surface area contributed by atoms with Gasteiger partial charge in [0.15, 0.2) is 0 Å². The third-order valence-corrected chi connectivity index (χ3v) is 3.13. The first-order valence-electron chi connectivity index (χ1n) is 6.78. The molecule has 0 N–H and O–H groups in total. The Hall–Kier alpha value is -1.22. The first-order valence-corrected chi connectivity index (χ1v) is 7.19. The Balaban J connectivity index is 2.11. The van der Waals surface area contributed by atoms with Crippen molar-refractivity contribution in [1.82, 2.24) is 0 Å². The molecule has 0 radical (unpaired) electrons. The van der Waals surface area contributed by atoms with E-state index >= 15 is 0 Å². The summed E-state index contributed by atoms with van der Waals surface area (Å²) in [6.45, 7) is 4.38. The van der Waals surface area contributed by atoms with Gasteiger partial charge < -0.3 is 4.74 Å². The van der Waals surface area contributed by atoms with Gasteiger partial charge in [0.1, 0.15) is 6.61 Å². The van der Waals surface area contributed by atoms with Gasteiger partial charge in [-0.1, -0.05) is 48.5 Å². The average molecular weight is 278 g/mol. The van der Waals surface area contributed by atoms with Gasteiger partial charge in [0.05, 0.1) is 0 Å². The average Bonchev–Trinajstić information content (AvgIpc) is 2.37. The Morgan fingerprint density at radius 2 is 1.74 bits per heavy atom. The molecule has 0 saturated heterocycles. The molecule has 0 aromatic heterocycles. The molecule has 1 aromatic rings. The van der Waals surface area contributed by atoms with Crippen molar-refractivity contribution >= 4 is 23.1 Å². The highest BCUT2D eigenvalue weighted by Gasteiger charge is 2.03. The second-order valence-corrected chi connectivity index (χ2v) is 5.61. The maximum Gasteiger partial charge on any atom is 0.306 e. The van der Waals surface area contributed by atoms with Gasteiger partial charge in [0.2, 0.25) is 0 Å². The van der Waals surface area contributed by atoms with Gasteiger partial charge in [-0.25, -0.2) is 0 Å². The Labute approximate surface area is 121 Å². The number of aryl methyl sites for hydroxylation is 1. The molecule has 0 bridgehead atoms. The van der Waals surface area contributed by atoms with Gasteiger partial charge in [0.25, 0.3) is 0 Å². The number of carbonyl (C=O) groups is 1. The molecule has 0 aliphatic carbocycles. The molecule has 0 unspecified atom stereocenters. The number of hydrogen-bond donors (Lipinski definition) is 0. The van der Waals surface area contributed by atoms with E-state index in [1.807, 2.05) is 38.1 Å². The van der Waals surface area contributed by atoms with E-state index in [4.69, 9.17) is 17.0 Å². The predicted molar refractivity (Wildman–Crippen MR) is 82.3 cm³/mol. The fourth-order valence-electron chi connectivity index (χ4n) is 1.74. The van der Waals surface area contributed by atoms with Crippen molar-refractivity contribution in [2.75, 3.05) is 0 Å². The standard InChI is InChI=1S/C16H22O2S/c1-13-8-10-15(11-9-13)12-18-16(17)7-5-3-4-6-14(2)19/h8-11H,3-7,12H2,1-2H3. The van der Waals surface area contributed by atoms with Crippen LogP contribution in [0, 0.1) is 6.92 Å². The van der Waals surface area contributed by atoms with Crippen LogP contribution in [0.5, 0.6) is 0 Å². The summed E-state index contributed by atoms with van der Waals surface area (Å²) in [5.41, 5.74) is 2.25. The van der Waals surface area contributed by atoms with Crippen molar-refractivity contribution < 1.29 is 9.53 Å². The maximum atomic E-state index is 11.5. The molecule has 0 aliphatic heterocycles. The van der Waals surface area contributed by atoms with E-state index in [0.29, 0.717) is 13.0 Å². The molecule has 0 aliphatic rings. The number of ether oxygens (including phenoxy) is 1. The van der Waals surface area contributed by atoms with E-state index in [2.05, 4.69) is 0 Å². The van der Waals surface area contributed by atoms with Crippen molar-refractivity contribution in [1.29, 1.82) is 0 Å². The molecule has 3 heteroatoms. The number of carbonyl (C=O) groups excluding carboxylic acids is 1. The van der Waals surface area contributed by atoms with E-state index in [0.717, 1.165) is 36.1 Å². The molecule has 1 aromatic carbocycles. The molecule has 104 valence electrons. The predicted octanol–water partition coefficient (Wildman–Crippen LogP) is 4.38. The number of rotatable bonds is 8. The van der Waals surface area contributed by atoms with Crippen molar-refractivity contribution in [3.63, 3.8) is 0 Å². The van der Waals surface area contributed by atoms with Crippen LogP contribution in [0.4, 0.5) is 0 Å². The number of thiocarbonyl (C=S) groups is 1. The molecule has 1 rings (SSSR count). The minimum atomic E-state index is -0.111. The third-order valence-electron chi connectivity index (χ3n) is 2.93. The van der Waals surface area contributed by atoms with Crippen LogP contribution in [0.25, 0.3) is 0 Å². The zero-order valence-corrected chi connectivity index (χ0v) is 12.6. The van der Waals surface area contributed by atoms with Crippen LogP contribution in [0.2, 0.25) is 0 Å². The number of unbranched alkanes of at least 4 members (excludes halogenated alkanes) is 2. The molecule has 0 spiro atoms. The molecule has 0 saturated carbocycles. The third kappa shape index (κ3) is 7.73. The summed E-state index contributed by atoms with van der Waals surface area (Å²) in [5.74, 6) is -0.111. The molecule has 0 amide bonds. The van der Waals surface area contributed by atoms with Gasteiger partial charge in [-0.2, -0.15) is 0 Å². The van der Waals surface area contributed by atoms with Crippen molar-refractivity contribution in [3.8, 4) is 0 Å². The smallest absolute Gasteiger partial charge is 0.306 e. The van der Waals surface area contributed by atoms with Crippen molar-refractivity contribution in [2.45, 2.75) is 52.6 Å². The van der Waals surface area contributed by atoms with Crippen molar-refractivity contribution in [3.05, 3.63) is 35.4 Å². The summed E-state index contributed by atoms with van der Waals surface area (Å²) in [7, 11) is 0. The second-order valence-electron chi connectivity index (χ2n) is 4.91. The van der Waals surface area contributed by atoms with Crippen LogP contribution < -0.4 is 0 Å². The normalized spacial score (nSPS) is 10.2. The van der Waals surface area contributed by atoms with E-state index in [9.17, 15) is 4.79 Å². The van der Waals surface area contributed by atoms with Crippen LogP contribution in [-0.2, 0) is 16.1 Å². The number of benzene rings is 1. The van der Waals surface area contributed by atoms with Gasteiger partial charge in [-0.05, 0) is 43.5 Å². The maximum absolute atomic E-state index is 11.5. The lowest BCUT2D eigenvalue weighted by molar-refractivity contribution is -0.145. The van der Waals surface area contributed by atoms with E-state index < -0.39 is 0 Å². The second kappa shape index (κ2) is 8.81. The molecule has 2 nitrogen and oxygen atoms in total. The fourth-order valence-corrected chi connectivity index (χ4v) is 1.88. The zero-order valence-electron chi connectivity index (χ0n) is 11.8. The van der Waals surface area contributed by atoms with E-state index in [1.54, 1.807) is 0 Å². The Morgan fingerprint density at radius 1 is 1.11 bits per heavy atom. The summed E-state index contributed by atoms with van der Waals surface area (Å²) >= 11 is 5.01. The molecular formula is C16H22O2S. The lowest BCUT2D eigenvalue weighted by atomic mass is 10.1. The molecule has 19 heavy (non-hydrogen) atoms. The van der Waals surface area contributed by atoms with E-state index in [-0.39, 0.29) is 5.97 Å². The summed E-state index contributed by atoms with van der Waals surface area (Å²) in [5, 5.41) is 0. The summed E-state index contributed by atoms with van der Waals surface area (Å²) in [6, 6.07) is 8.03. The van der Waals surface area contributed by atoms with Crippen LogP contribution in [0.3, 0.4) is 0 Å².